The van der Waals surface area contributed by atoms with Gasteiger partial charge in [-0.2, -0.15) is 0 Å². The summed E-state index contributed by atoms with van der Waals surface area (Å²) in [5.41, 5.74) is 1.29. The molecule has 0 aliphatic heterocycles. The molecule has 0 saturated carbocycles. The van der Waals surface area contributed by atoms with E-state index in [9.17, 15) is 9.59 Å². The van der Waals surface area contributed by atoms with E-state index in [-0.39, 0.29) is 5.92 Å². The summed E-state index contributed by atoms with van der Waals surface area (Å²) in [5, 5.41) is -0.826. The molecule has 1 rings (SSSR count). The van der Waals surface area contributed by atoms with Crippen molar-refractivity contribution in [3.8, 4) is 0 Å². The normalized spacial score (nSPS) is 23.2. The zero-order valence-electron chi connectivity index (χ0n) is 6.97. The summed E-state index contributed by atoms with van der Waals surface area (Å²) < 4.78 is 0. The summed E-state index contributed by atoms with van der Waals surface area (Å²) in [7, 11) is 0. The van der Waals surface area contributed by atoms with E-state index in [0.29, 0.717) is 6.42 Å². The first-order valence-electron chi connectivity index (χ1n) is 4.00. The van der Waals surface area contributed by atoms with E-state index in [4.69, 9.17) is 11.6 Å². The van der Waals surface area contributed by atoms with Crippen molar-refractivity contribution < 1.29 is 9.59 Å². The highest BCUT2D eigenvalue weighted by Crippen LogP contribution is 2.24. The highest BCUT2D eigenvalue weighted by molar-refractivity contribution is 6.81. The standard InChI is InChI=1S/C9H11ClO2/c1-6-2-4-7(5-3-6)8(11)9(10)12/h2,7H,3-5H2,1H3/t7-/m0/s1. The van der Waals surface area contributed by atoms with Crippen LogP contribution in [-0.4, -0.2) is 11.0 Å². The number of hydrogen-bond acceptors (Lipinski definition) is 2. The molecule has 0 spiro atoms. The number of rotatable bonds is 2. The molecule has 0 saturated heterocycles. The molecule has 0 aromatic carbocycles. The summed E-state index contributed by atoms with van der Waals surface area (Å²) >= 11 is 5.09. The van der Waals surface area contributed by atoms with Crippen LogP contribution in [-0.2, 0) is 9.59 Å². The third-order valence-corrected chi connectivity index (χ3v) is 2.39. The molecule has 0 N–H and O–H groups in total. The minimum absolute atomic E-state index is 0.168. The van der Waals surface area contributed by atoms with Gasteiger partial charge < -0.3 is 0 Å². The maximum atomic E-state index is 11.1. The van der Waals surface area contributed by atoms with Crippen LogP contribution in [0.4, 0.5) is 0 Å². The molecule has 0 aromatic heterocycles. The molecule has 1 aliphatic carbocycles. The minimum atomic E-state index is -0.826. The van der Waals surface area contributed by atoms with Crippen molar-refractivity contribution in [2.75, 3.05) is 0 Å². The Bertz CT molecular complexity index is 243. The lowest BCUT2D eigenvalue weighted by molar-refractivity contribution is -0.134. The van der Waals surface area contributed by atoms with Gasteiger partial charge in [0.1, 0.15) is 0 Å². The number of carbonyl (C=O) groups is 2. The predicted molar refractivity (Wildman–Crippen MR) is 47.0 cm³/mol. The van der Waals surface area contributed by atoms with Gasteiger partial charge in [-0.05, 0) is 37.8 Å². The van der Waals surface area contributed by atoms with Gasteiger partial charge in [0, 0.05) is 5.92 Å². The molecule has 0 heterocycles. The lowest BCUT2D eigenvalue weighted by Crippen LogP contribution is -2.21. The molecule has 2 nitrogen and oxygen atoms in total. The van der Waals surface area contributed by atoms with Crippen molar-refractivity contribution >= 4 is 22.6 Å². The fourth-order valence-electron chi connectivity index (χ4n) is 1.36. The van der Waals surface area contributed by atoms with Crippen LogP contribution in [0.3, 0.4) is 0 Å². The largest absolute Gasteiger partial charge is 0.289 e. The summed E-state index contributed by atoms with van der Waals surface area (Å²) in [6.07, 6.45) is 4.34. The van der Waals surface area contributed by atoms with Crippen LogP contribution in [0.5, 0.6) is 0 Å². The molecule has 1 atom stereocenters. The Morgan fingerprint density at radius 2 is 2.25 bits per heavy atom. The SMILES string of the molecule is CC1=CC[C@H](C(=O)C(=O)Cl)CC1. The van der Waals surface area contributed by atoms with Crippen LogP contribution in [0.25, 0.3) is 0 Å². The highest BCUT2D eigenvalue weighted by Gasteiger charge is 2.24. The molecule has 0 fully saturated rings. The third kappa shape index (κ3) is 2.18. The quantitative estimate of drug-likeness (QED) is 0.376. The fourth-order valence-corrected chi connectivity index (χ4v) is 1.52. The molecule has 66 valence electrons. The monoisotopic (exact) mass is 186 g/mol. The molecule has 0 bridgehead atoms. The Balaban J connectivity index is 2.57. The van der Waals surface area contributed by atoms with E-state index in [2.05, 4.69) is 0 Å². The van der Waals surface area contributed by atoms with E-state index in [1.807, 2.05) is 13.0 Å². The van der Waals surface area contributed by atoms with Crippen LogP contribution in [0.1, 0.15) is 26.2 Å². The van der Waals surface area contributed by atoms with Gasteiger partial charge in [-0.1, -0.05) is 11.6 Å². The average molecular weight is 187 g/mol. The molecular weight excluding hydrogens is 176 g/mol. The lowest BCUT2D eigenvalue weighted by Gasteiger charge is -2.16. The number of hydrogen-bond donors (Lipinski definition) is 0. The second-order valence-corrected chi connectivity index (χ2v) is 3.50. The van der Waals surface area contributed by atoms with Crippen molar-refractivity contribution in [1.29, 1.82) is 0 Å². The summed E-state index contributed by atoms with van der Waals surface area (Å²) in [5.74, 6) is -0.598. The third-order valence-electron chi connectivity index (χ3n) is 2.20. The first-order chi connectivity index (χ1) is 5.61. The minimum Gasteiger partial charge on any atom is -0.289 e. The molecule has 12 heavy (non-hydrogen) atoms. The molecule has 1 aliphatic rings. The van der Waals surface area contributed by atoms with E-state index in [1.165, 1.54) is 5.57 Å². The number of carbonyl (C=O) groups excluding carboxylic acids is 2. The maximum Gasteiger partial charge on any atom is 0.288 e. The van der Waals surface area contributed by atoms with E-state index in [1.54, 1.807) is 0 Å². The number of Topliss-reactive ketones (excluding diaryl/α,β-unsaturated/α-hetero) is 1. The fraction of sp³-hybridized carbons (Fsp3) is 0.556. The lowest BCUT2D eigenvalue weighted by atomic mass is 9.88. The van der Waals surface area contributed by atoms with Crippen LogP contribution in [0.15, 0.2) is 11.6 Å². The molecule has 3 heteroatoms. The van der Waals surface area contributed by atoms with E-state index < -0.39 is 11.0 Å². The van der Waals surface area contributed by atoms with Gasteiger partial charge in [-0.3, -0.25) is 9.59 Å². The molecule has 0 unspecified atom stereocenters. The van der Waals surface area contributed by atoms with Crippen molar-refractivity contribution in [3.05, 3.63) is 11.6 Å². The maximum absolute atomic E-state index is 11.1. The number of ketones is 1. The van der Waals surface area contributed by atoms with Gasteiger partial charge in [0.05, 0.1) is 0 Å². The van der Waals surface area contributed by atoms with Gasteiger partial charge in [0.2, 0.25) is 5.78 Å². The van der Waals surface area contributed by atoms with Gasteiger partial charge in [0.15, 0.2) is 0 Å². The van der Waals surface area contributed by atoms with Crippen LogP contribution >= 0.6 is 11.6 Å². The second-order valence-electron chi connectivity index (χ2n) is 3.16. The Kier molecular flexibility index (Phi) is 3.04. The number of allylic oxidation sites excluding steroid dienone is 2. The van der Waals surface area contributed by atoms with Crippen LogP contribution in [0.2, 0.25) is 0 Å². The number of halogens is 1. The molecule has 0 aromatic rings. The summed E-state index contributed by atoms with van der Waals surface area (Å²) in [6.45, 7) is 2.03. The topological polar surface area (TPSA) is 34.1 Å². The highest BCUT2D eigenvalue weighted by atomic mass is 35.5. The average Bonchev–Trinajstić information content (AvgIpc) is 2.04. The van der Waals surface area contributed by atoms with Gasteiger partial charge in [0.25, 0.3) is 5.24 Å². The summed E-state index contributed by atoms with van der Waals surface area (Å²) in [4.78, 5) is 21.6. The Labute approximate surface area is 76.6 Å². The molecule has 0 amide bonds. The van der Waals surface area contributed by atoms with Crippen molar-refractivity contribution in [3.63, 3.8) is 0 Å². The van der Waals surface area contributed by atoms with Crippen LogP contribution in [0, 0.1) is 5.92 Å². The Morgan fingerprint density at radius 3 is 2.67 bits per heavy atom. The van der Waals surface area contributed by atoms with Gasteiger partial charge >= 0.3 is 0 Å². The van der Waals surface area contributed by atoms with E-state index in [0.717, 1.165) is 12.8 Å². The van der Waals surface area contributed by atoms with Crippen LogP contribution < -0.4 is 0 Å². The first kappa shape index (κ1) is 9.46. The molecule has 0 radical (unpaired) electrons. The van der Waals surface area contributed by atoms with Gasteiger partial charge in [-0.25, -0.2) is 0 Å². The van der Waals surface area contributed by atoms with Crippen molar-refractivity contribution in [2.45, 2.75) is 26.2 Å². The smallest absolute Gasteiger partial charge is 0.288 e. The van der Waals surface area contributed by atoms with Crippen molar-refractivity contribution in [1.82, 2.24) is 0 Å². The van der Waals surface area contributed by atoms with Crippen molar-refractivity contribution in [2.24, 2.45) is 5.92 Å². The zero-order chi connectivity index (χ0) is 9.14. The zero-order valence-corrected chi connectivity index (χ0v) is 7.73. The molecular formula is C9H11ClO2. The second kappa shape index (κ2) is 3.85. The predicted octanol–water partition coefficient (Wildman–Crippen LogP) is 2.07. The Morgan fingerprint density at radius 1 is 1.58 bits per heavy atom. The Hall–Kier alpha value is -0.630. The van der Waals surface area contributed by atoms with Gasteiger partial charge in [-0.15, -0.1) is 0 Å². The summed E-state index contributed by atoms with van der Waals surface area (Å²) in [6, 6.07) is 0. The first-order valence-corrected chi connectivity index (χ1v) is 4.38. The van der Waals surface area contributed by atoms with E-state index >= 15 is 0 Å².